The van der Waals surface area contributed by atoms with Crippen LogP contribution < -0.4 is 5.32 Å². The normalized spacial score (nSPS) is 23.0. The molecule has 12 heteroatoms. The van der Waals surface area contributed by atoms with Crippen molar-refractivity contribution in [2.24, 2.45) is 5.92 Å². The molecule has 2 N–H and O–H groups in total. The summed E-state index contributed by atoms with van der Waals surface area (Å²) in [6.45, 7) is 1.12. The number of nitrogens with zero attached hydrogens (tertiary/aromatic N) is 5. The van der Waals surface area contributed by atoms with Gasteiger partial charge in [0.1, 0.15) is 17.6 Å². The van der Waals surface area contributed by atoms with Gasteiger partial charge in [0.05, 0.1) is 22.8 Å². The van der Waals surface area contributed by atoms with Crippen molar-refractivity contribution >= 4 is 29.1 Å². The summed E-state index contributed by atoms with van der Waals surface area (Å²) in [4.78, 5) is 15.3. The summed E-state index contributed by atoms with van der Waals surface area (Å²) in [5, 5.41) is 23.2. The van der Waals surface area contributed by atoms with E-state index in [-0.39, 0.29) is 18.1 Å². The smallest absolute Gasteiger partial charge is 0.252 e. The van der Waals surface area contributed by atoms with E-state index in [4.69, 9.17) is 32.5 Å². The lowest BCUT2D eigenvalue weighted by Gasteiger charge is -2.36. The molecule has 3 fully saturated rings. The van der Waals surface area contributed by atoms with Gasteiger partial charge < -0.3 is 14.6 Å². The monoisotopic (exact) mass is 579 g/mol. The van der Waals surface area contributed by atoms with Gasteiger partial charge >= 0.3 is 0 Å². The highest BCUT2D eigenvalue weighted by molar-refractivity contribution is 6.39. The van der Waals surface area contributed by atoms with Crippen LogP contribution in [0.15, 0.2) is 53.1 Å². The number of rotatable bonds is 9. The van der Waals surface area contributed by atoms with Crippen molar-refractivity contribution in [1.82, 2.24) is 36.0 Å². The molecule has 3 heterocycles. The van der Waals surface area contributed by atoms with Gasteiger partial charge in [0, 0.05) is 35.2 Å². The van der Waals surface area contributed by atoms with Gasteiger partial charge in [-0.2, -0.15) is 5.21 Å². The van der Waals surface area contributed by atoms with Crippen molar-refractivity contribution in [3.63, 3.8) is 0 Å². The molecule has 2 bridgehead atoms. The second-order valence-corrected chi connectivity index (χ2v) is 11.5. The van der Waals surface area contributed by atoms with Crippen molar-refractivity contribution in [2.45, 2.75) is 56.5 Å². The number of amides is 1. The van der Waals surface area contributed by atoms with Crippen LogP contribution in [0.25, 0.3) is 11.3 Å². The number of likely N-dealkylation sites (tertiary alicyclic amines) is 1. The summed E-state index contributed by atoms with van der Waals surface area (Å²) in [7, 11) is 0. The summed E-state index contributed by atoms with van der Waals surface area (Å²) in [5.41, 5.74) is 2.84. The van der Waals surface area contributed by atoms with E-state index in [0.717, 1.165) is 43.6 Å². The summed E-state index contributed by atoms with van der Waals surface area (Å²) in [6, 6.07) is 14.8. The molecule has 2 aromatic carbocycles. The lowest BCUT2D eigenvalue weighted by Crippen LogP contribution is -2.47. The molecule has 1 aliphatic heterocycles. The first-order valence-corrected chi connectivity index (χ1v) is 14.2. The summed E-state index contributed by atoms with van der Waals surface area (Å²) >= 11 is 13.0. The van der Waals surface area contributed by atoms with Crippen LogP contribution in [-0.4, -0.2) is 55.3 Å². The number of ether oxygens (including phenoxy) is 1. The number of carbonyl (C=O) groups excluding carboxylic acids is 1. The highest BCUT2D eigenvalue weighted by atomic mass is 35.5. The number of benzene rings is 2. The molecule has 0 spiro atoms. The Balaban J connectivity index is 1.07. The van der Waals surface area contributed by atoms with E-state index in [9.17, 15) is 4.79 Å². The Bertz CT molecular complexity index is 1490. The number of halogens is 2. The molecule has 0 radical (unpaired) electrons. The van der Waals surface area contributed by atoms with Crippen molar-refractivity contribution < 1.29 is 14.1 Å². The molecule has 2 aromatic heterocycles. The Morgan fingerprint density at radius 3 is 2.60 bits per heavy atom. The van der Waals surface area contributed by atoms with Crippen LogP contribution in [0.4, 0.5) is 0 Å². The van der Waals surface area contributed by atoms with Gasteiger partial charge in [-0.3, -0.25) is 9.69 Å². The zero-order valence-electron chi connectivity index (χ0n) is 21.5. The Morgan fingerprint density at radius 2 is 1.93 bits per heavy atom. The van der Waals surface area contributed by atoms with Crippen LogP contribution >= 0.6 is 23.2 Å². The molecular weight excluding hydrogens is 553 g/mol. The zero-order chi connectivity index (χ0) is 27.2. The molecule has 1 unspecified atom stereocenters. The fraction of sp³-hybridized carbons (Fsp3) is 0.393. The molecular formula is C28H27Cl2N7O3. The lowest BCUT2D eigenvalue weighted by molar-refractivity contribution is -0.0218. The van der Waals surface area contributed by atoms with Crippen LogP contribution in [0.2, 0.25) is 10.0 Å². The molecule has 2 aliphatic carbocycles. The summed E-state index contributed by atoms with van der Waals surface area (Å²) in [6.07, 6.45) is 3.51. The molecule has 40 heavy (non-hydrogen) atoms. The Kier molecular flexibility index (Phi) is 6.79. The van der Waals surface area contributed by atoms with Crippen molar-refractivity contribution in [1.29, 1.82) is 0 Å². The molecule has 10 nitrogen and oxygen atoms in total. The second kappa shape index (κ2) is 10.6. The van der Waals surface area contributed by atoms with Crippen LogP contribution in [0.3, 0.4) is 0 Å². The topological polar surface area (TPSA) is 122 Å². The van der Waals surface area contributed by atoms with Gasteiger partial charge in [0.25, 0.3) is 5.91 Å². The van der Waals surface area contributed by atoms with Gasteiger partial charge in [0.15, 0.2) is 0 Å². The van der Waals surface area contributed by atoms with Crippen LogP contribution in [0.5, 0.6) is 0 Å². The third kappa shape index (κ3) is 4.79. The third-order valence-corrected chi connectivity index (χ3v) is 8.80. The van der Waals surface area contributed by atoms with E-state index in [1.54, 1.807) is 24.3 Å². The van der Waals surface area contributed by atoms with E-state index in [1.807, 2.05) is 24.3 Å². The number of hydrogen-bond acceptors (Lipinski definition) is 8. The number of piperidine rings is 1. The maximum absolute atomic E-state index is 13.0. The molecule has 1 amide bonds. The molecule has 1 saturated heterocycles. The number of fused-ring (bicyclic) bond motifs is 2. The highest BCUT2D eigenvalue weighted by Gasteiger charge is 2.49. The van der Waals surface area contributed by atoms with E-state index in [0.29, 0.717) is 51.1 Å². The van der Waals surface area contributed by atoms with Gasteiger partial charge in [-0.05, 0) is 55.9 Å². The highest BCUT2D eigenvalue weighted by Crippen LogP contribution is 2.47. The van der Waals surface area contributed by atoms with Crippen LogP contribution in [0, 0.1) is 5.92 Å². The predicted molar refractivity (Wildman–Crippen MR) is 147 cm³/mol. The summed E-state index contributed by atoms with van der Waals surface area (Å²) < 4.78 is 12.4. The molecule has 4 aromatic rings. The molecule has 4 atom stereocenters. The first-order chi connectivity index (χ1) is 19.6. The minimum absolute atomic E-state index is 0.0634. The maximum atomic E-state index is 13.0. The second-order valence-electron chi connectivity index (χ2n) is 10.7. The first kappa shape index (κ1) is 25.6. The predicted octanol–water partition coefficient (Wildman–Crippen LogP) is 5.15. The van der Waals surface area contributed by atoms with E-state index in [2.05, 4.69) is 36.0 Å². The van der Waals surface area contributed by atoms with Gasteiger partial charge in [-0.25, -0.2) is 0 Å². The number of nitrogens with one attached hydrogen (secondary N) is 2. The quantitative estimate of drug-likeness (QED) is 0.279. The minimum atomic E-state index is -0.490. The van der Waals surface area contributed by atoms with Crippen molar-refractivity contribution in [3.05, 3.63) is 81.3 Å². The number of tetrazole rings is 1. The van der Waals surface area contributed by atoms with E-state index in [1.165, 1.54) is 0 Å². The number of hydrogen-bond donors (Lipinski definition) is 2. The largest absolute Gasteiger partial charge is 0.373 e. The molecule has 2 saturated carbocycles. The number of aromatic amines is 1. The SMILES string of the molecule is O=C(NC(c1nn[nH]n1)N1C[C@@H]2C[C@H]1C[C@H]2OCc1c(-c2c(Cl)cccc2Cl)noc1C1CC1)c1ccccc1. The zero-order valence-corrected chi connectivity index (χ0v) is 23.0. The van der Waals surface area contributed by atoms with E-state index < -0.39 is 6.17 Å². The number of H-pyrrole nitrogens is 1. The maximum Gasteiger partial charge on any atom is 0.252 e. The van der Waals surface area contributed by atoms with Crippen LogP contribution in [0.1, 0.15) is 65.3 Å². The Labute approximate surface area is 240 Å². The van der Waals surface area contributed by atoms with Gasteiger partial charge in [0.2, 0.25) is 5.82 Å². The molecule has 206 valence electrons. The van der Waals surface area contributed by atoms with Crippen LogP contribution in [-0.2, 0) is 11.3 Å². The molecule has 7 rings (SSSR count). The van der Waals surface area contributed by atoms with Gasteiger partial charge in [-0.15, -0.1) is 10.2 Å². The number of carbonyl (C=O) groups is 1. The standard InChI is InChI=1S/C28H27Cl2N7O3/c29-20-7-4-8-21(30)23(20)24-19(25(40-34-24)15-9-10-15)14-39-22-12-18-11-17(22)13-37(18)27(26-32-35-36-33-26)31-28(38)16-5-2-1-3-6-16/h1-8,15,17-18,22,27H,9-14H2,(H,31,38)(H,32,33,35,36)/t17-,18-,22+,27?/m0/s1. The first-order valence-electron chi connectivity index (χ1n) is 13.5. The third-order valence-electron chi connectivity index (χ3n) is 8.17. The van der Waals surface area contributed by atoms with Gasteiger partial charge in [-0.1, -0.05) is 57.8 Å². The average molecular weight is 580 g/mol. The van der Waals surface area contributed by atoms with E-state index >= 15 is 0 Å². The lowest BCUT2D eigenvalue weighted by atomic mass is 10.0. The van der Waals surface area contributed by atoms with Crippen molar-refractivity contribution in [3.8, 4) is 11.3 Å². The Morgan fingerprint density at radius 1 is 1.12 bits per heavy atom. The average Bonchev–Trinajstić information content (AvgIpc) is 3.34. The van der Waals surface area contributed by atoms with Crippen molar-refractivity contribution in [2.75, 3.05) is 6.54 Å². The summed E-state index contributed by atoms with van der Waals surface area (Å²) in [5.74, 6) is 1.78. The molecule has 3 aliphatic rings. The number of aromatic nitrogens is 5. The Hall–Kier alpha value is -3.31. The minimum Gasteiger partial charge on any atom is -0.373 e. The fourth-order valence-corrected chi connectivity index (χ4v) is 6.65. The fourth-order valence-electron chi connectivity index (χ4n) is 6.08.